The normalized spacial score (nSPS) is 11.8. The van der Waals surface area contributed by atoms with Crippen LogP contribution in [0.3, 0.4) is 0 Å². The molecule has 1 aromatic rings. The van der Waals surface area contributed by atoms with Crippen LogP contribution in [0.1, 0.15) is 25.0 Å². The number of hydrogen-bond acceptors (Lipinski definition) is 1. The highest BCUT2D eigenvalue weighted by atomic mass is 16.3. The van der Waals surface area contributed by atoms with Gasteiger partial charge in [0.05, 0.1) is 0 Å². The summed E-state index contributed by atoms with van der Waals surface area (Å²) >= 11 is 0. The first-order valence-electron chi connectivity index (χ1n) is 4.08. The maximum Gasteiger partial charge on any atom is 0.123 e. The Labute approximate surface area is 73.4 Å². The number of aryl methyl sites for hydroxylation is 1. The van der Waals surface area contributed by atoms with E-state index in [0.29, 0.717) is 5.75 Å². The Balaban J connectivity index is 3.18. The van der Waals surface area contributed by atoms with Crippen molar-refractivity contribution in [2.75, 3.05) is 0 Å². The summed E-state index contributed by atoms with van der Waals surface area (Å²) in [6.45, 7) is 5.92. The van der Waals surface area contributed by atoms with Gasteiger partial charge in [0.15, 0.2) is 0 Å². The van der Waals surface area contributed by atoms with Crippen LogP contribution in [0.15, 0.2) is 24.3 Å². The van der Waals surface area contributed by atoms with E-state index in [2.05, 4.69) is 0 Å². The van der Waals surface area contributed by atoms with Gasteiger partial charge in [-0.25, -0.2) is 0 Å². The first-order valence-corrected chi connectivity index (χ1v) is 4.08. The predicted molar refractivity (Wildman–Crippen MR) is 52.2 cm³/mol. The molecule has 1 aromatic carbocycles. The van der Waals surface area contributed by atoms with Crippen LogP contribution in [-0.2, 0) is 0 Å². The molecule has 0 fully saturated rings. The van der Waals surface area contributed by atoms with E-state index in [1.807, 2.05) is 39.0 Å². The van der Waals surface area contributed by atoms with Crippen LogP contribution in [0, 0.1) is 6.92 Å². The van der Waals surface area contributed by atoms with Crippen molar-refractivity contribution in [1.82, 2.24) is 0 Å². The number of allylic oxidation sites excluding steroid dienone is 2. The molecule has 0 amide bonds. The summed E-state index contributed by atoms with van der Waals surface area (Å²) in [7, 11) is 0. The molecule has 0 aromatic heterocycles. The fourth-order valence-electron chi connectivity index (χ4n) is 1.13. The highest BCUT2D eigenvalue weighted by Crippen LogP contribution is 2.25. The molecule has 64 valence electrons. The van der Waals surface area contributed by atoms with Gasteiger partial charge in [-0.2, -0.15) is 0 Å². The molecule has 0 saturated heterocycles. The monoisotopic (exact) mass is 162 g/mol. The molecule has 1 nitrogen and oxygen atoms in total. The first kappa shape index (κ1) is 8.85. The number of phenols is 1. The van der Waals surface area contributed by atoms with Gasteiger partial charge in [-0.05, 0) is 38.0 Å². The summed E-state index contributed by atoms with van der Waals surface area (Å²) < 4.78 is 0. The Kier molecular flexibility index (Phi) is 2.54. The maximum absolute atomic E-state index is 9.55. The average Bonchev–Trinajstić information content (AvgIpc) is 2.03. The van der Waals surface area contributed by atoms with Gasteiger partial charge in [-0.15, -0.1) is 0 Å². The van der Waals surface area contributed by atoms with E-state index < -0.39 is 0 Å². The molecule has 0 aliphatic heterocycles. The van der Waals surface area contributed by atoms with Crippen molar-refractivity contribution >= 4 is 5.57 Å². The molecule has 12 heavy (non-hydrogen) atoms. The molecule has 1 heteroatoms. The van der Waals surface area contributed by atoms with Gasteiger partial charge in [0.2, 0.25) is 0 Å². The number of hydrogen-bond donors (Lipinski definition) is 1. The van der Waals surface area contributed by atoms with Gasteiger partial charge >= 0.3 is 0 Å². The number of aromatic hydroxyl groups is 1. The number of rotatable bonds is 1. The fraction of sp³-hybridized carbons (Fsp3) is 0.273. The van der Waals surface area contributed by atoms with E-state index in [4.69, 9.17) is 0 Å². The van der Waals surface area contributed by atoms with Crippen molar-refractivity contribution in [1.29, 1.82) is 0 Å². The third kappa shape index (κ3) is 1.67. The quantitative estimate of drug-likeness (QED) is 0.672. The van der Waals surface area contributed by atoms with Crippen molar-refractivity contribution in [2.45, 2.75) is 20.8 Å². The molecule has 0 aliphatic rings. The summed E-state index contributed by atoms with van der Waals surface area (Å²) in [5.74, 6) is 0.366. The van der Waals surface area contributed by atoms with Gasteiger partial charge in [0.1, 0.15) is 5.75 Å². The van der Waals surface area contributed by atoms with Gasteiger partial charge < -0.3 is 5.11 Å². The smallest absolute Gasteiger partial charge is 0.123 e. The topological polar surface area (TPSA) is 20.2 Å². The van der Waals surface area contributed by atoms with Crippen molar-refractivity contribution in [3.63, 3.8) is 0 Å². The molecule has 1 rings (SSSR count). The minimum Gasteiger partial charge on any atom is -0.507 e. The number of benzene rings is 1. The summed E-state index contributed by atoms with van der Waals surface area (Å²) in [6.07, 6.45) is 1.99. The fourth-order valence-corrected chi connectivity index (χ4v) is 1.13. The summed E-state index contributed by atoms with van der Waals surface area (Å²) in [4.78, 5) is 0. The lowest BCUT2D eigenvalue weighted by molar-refractivity contribution is 0.473. The minimum atomic E-state index is 0.366. The molecule has 1 N–H and O–H groups in total. The SMILES string of the molecule is CC=C(C)c1ccc(C)cc1O. The third-order valence-corrected chi connectivity index (χ3v) is 2.01. The lowest BCUT2D eigenvalue weighted by Crippen LogP contribution is -1.81. The van der Waals surface area contributed by atoms with Crippen LogP contribution < -0.4 is 0 Å². The second kappa shape index (κ2) is 3.44. The lowest BCUT2D eigenvalue weighted by Gasteiger charge is -2.04. The summed E-state index contributed by atoms with van der Waals surface area (Å²) in [5, 5.41) is 9.55. The van der Waals surface area contributed by atoms with Crippen molar-refractivity contribution in [2.24, 2.45) is 0 Å². The zero-order chi connectivity index (χ0) is 9.14. The second-order valence-electron chi connectivity index (χ2n) is 2.99. The largest absolute Gasteiger partial charge is 0.507 e. The zero-order valence-corrected chi connectivity index (χ0v) is 7.76. The van der Waals surface area contributed by atoms with Crippen molar-refractivity contribution in [3.05, 3.63) is 35.4 Å². The molecule has 0 bridgehead atoms. The maximum atomic E-state index is 9.55. The molecular weight excluding hydrogens is 148 g/mol. The Bertz CT molecular complexity index is 311. The highest BCUT2D eigenvalue weighted by molar-refractivity contribution is 5.68. The predicted octanol–water partition coefficient (Wildman–Crippen LogP) is 3.12. The van der Waals surface area contributed by atoms with Crippen molar-refractivity contribution in [3.8, 4) is 5.75 Å². The molecule has 0 radical (unpaired) electrons. The Morgan fingerprint density at radius 1 is 1.42 bits per heavy atom. The van der Waals surface area contributed by atoms with E-state index in [9.17, 15) is 5.11 Å². The molecule has 0 spiro atoms. The van der Waals surface area contributed by atoms with Crippen LogP contribution in [0.5, 0.6) is 5.75 Å². The minimum absolute atomic E-state index is 0.366. The second-order valence-corrected chi connectivity index (χ2v) is 2.99. The lowest BCUT2D eigenvalue weighted by atomic mass is 10.0. The van der Waals surface area contributed by atoms with E-state index in [-0.39, 0.29) is 0 Å². The van der Waals surface area contributed by atoms with Crippen LogP contribution >= 0.6 is 0 Å². The van der Waals surface area contributed by atoms with Crippen LogP contribution in [0.2, 0.25) is 0 Å². The van der Waals surface area contributed by atoms with Crippen LogP contribution in [0.4, 0.5) is 0 Å². The standard InChI is InChI=1S/C11H14O/c1-4-9(3)10-6-5-8(2)7-11(10)12/h4-7,12H,1-3H3. The summed E-state index contributed by atoms with van der Waals surface area (Å²) in [6, 6.07) is 5.73. The Hall–Kier alpha value is -1.24. The number of phenolic OH excluding ortho intramolecular Hbond substituents is 1. The molecule has 0 atom stereocenters. The molecule has 0 unspecified atom stereocenters. The molecule has 0 aliphatic carbocycles. The molecular formula is C11H14O. The molecule has 0 heterocycles. The van der Waals surface area contributed by atoms with Crippen LogP contribution in [-0.4, -0.2) is 5.11 Å². The van der Waals surface area contributed by atoms with Gasteiger partial charge in [-0.1, -0.05) is 18.2 Å². The van der Waals surface area contributed by atoms with Crippen LogP contribution in [0.25, 0.3) is 5.57 Å². The Morgan fingerprint density at radius 2 is 2.08 bits per heavy atom. The zero-order valence-electron chi connectivity index (χ0n) is 7.76. The molecule has 0 saturated carbocycles. The van der Waals surface area contributed by atoms with Gasteiger partial charge in [0.25, 0.3) is 0 Å². The van der Waals surface area contributed by atoms with E-state index >= 15 is 0 Å². The Morgan fingerprint density at radius 3 is 2.58 bits per heavy atom. The van der Waals surface area contributed by atoms with E-state index in [0.717, 1.165) is 16.7 Å². The van der Waals surface area contributed by atoms with Crippen molar-refractivity contribution < 1.29 is 5.11 Å². The highest BCUT2D eigenvalue weighted by Gasteiger charge is 2.01. The van der Waals surface area contributed by atoms with E-state index in [1.165, 1.54) is 0 Å². The first-order chi connectivity index (χ1) is 5.65. The van der Waals surface area contributed by atoms with E-state index in [1.54, 1.807) is 6.07 Å². The van der Waals surface area contributed by atoms with Gasteiger partial charge in [0, 0.05) is 5.56 Å². The summed E-state index contributed by atoms with van der Waals surface area (Å²) in [5.41, 5.74) is 3.11. The third-order valence-electron chi connectivity index (χ3n) is 2.01. The van der Waals surface area contributed by atoms with Gasteiger partial charge in [-0.3, -0.25) is 0 Å². The average molecular weight is 162 g/mol.